The molecular weight excluding hydrogens is 246 g/mol. The first-order valence-corrected chi connectivity index (χ1v) is 7.31. The number of ether oxygens (including phenoxy) is 1. The lowest BCUT2D eigenvalue weighted by Crippen LogP contribution is -2.03. The summed E-state index contributed by atoms with van der Waals surface area (Å²) >= 11 is 0. The van der Waals surface area contributed by atoms with Gasteiger partial charge in [0.2, 0.25) is 0 Å². The van der Waals surface area contributed by atoms with Crippen molar-refractivity contribution in [2.24, 2.45) is 0 Å². The van der Waals surface area contributed by atoms with E-state index in [1.54, 1.807) is 0 Å². The van der Waals surface area contributed by atoms with Crippen molar-refractivity contribution in [1.82, 2.24) is 5.32 Å². The van der Waals surface area contributed by atoms with Crippen LogP contribution in [0, 0.1) is 0 Å². The van der Waals surface area contributed by atoms with E-state index in [1.165, 1.54) is 37.1 Å². The quantitative estimate of drug-likeness (QED) is 0.912. The van der Waals surface area contributed by atoms with E-state index in [0.717, 1.165) is 0 Å². The Hall–Kier alpha value is -1.64. The van der Waals surface area contributed by atoms with Gasteiger partial charge >= 0.3 is 0 Å². The van der Waals surface area contributed by atoms with Crippen LogP contribution in [0.15, 0.2) is 60.7 Å². The summed E-state index contributed by atoms with van der Waals surface area (Å²) in [5, 5.41) is 3.22. The van der Waals surface area contributed by atoms with Crippen molar-refractivity contribution in [3.63, 3.8) is 0 Å². The molecule has 1 N–H and O–H groups in total. The summed E-state index contributed by atoms with van der Waals surface area (Å²) < 4.78 is 5.61. The van der Waals surface area contributed by atoms with Crippen molar-refractivity contribution in [2.45, 2.75) is 26.1 Å². The Bertz CT molecular complexity index is 404. The summed E-state index contributed by atoms with van der Waals surface area (Å²) in [7, 11) is 0. The maximum absolute atomic E-state index is 5.61. The number of benzene rings is 2. The summed E-state index contributed by atoms with van der Waals surface area (Å²) in [5.41, 5.74) is 2.43. The molecule has 0 amide bonds. The van der Waals surface area contributed by atoms with E-state index in [-0.39, 0.29) is 0 Å². The zero-order chi connectivity index (χ0) is 13.9. The first kappa shape index (κ1) is 14.8. The molecule has 0 radical (unpaired) electrons. The van der Waals surface area contributed by atoms with E-state index in [2.05, 4.69) is 29.6 Å². The Morgan fingerprint density at radius 2 is 1.15 bits per heavy atom. The average Bonchev–Trinajstić information content (AvgIpc) is 3.09. The van der Waals surface area contributed by atoms with Crippen LogP contribution in [0.1, 0.15) is 24.0 Å². The van der Waals surface area contributed by atoms with Gasteiger partial charge in [0.1, 0.15) is 0 Å². The molecule has 2 heteroatoms. The highest BCUT2D eigenvalue weighted by atomic mass is 16.5. The van der Waals surface area contributed by atoms with Gasteiger partial charge in [-0.25, -0.2) is 0 Å². The van der Waals surface area contributed by atoms with E-state index in [1.807, 2.05) is 36.4 Å². The number of rotatable bonds is 4. The van der Waals surface area contributed by atoms with Gasteiger partial charge in [-0.15, -0.1) is 0 Å². The molecule has 1 heterocycles. The van der Waals surface area contributed by atoms with Crippen LogP contribution in [-0.2, 0) is 18.0 Å². The molecule has 1 saturated heterocycles. The Balaban J connectivity index is 0.000000247. The Kier molecular flexibility index (Phi) is 6.86. The molecule has 2 nitrogen and oxygen atoms in total. The second-order valence-corrected chi connectivity index (χ2v) is 4.92. The number of nitrogens with one attached hydrogen (secondary N) is 1. The minimum Gasteiger partial charge on any atom is -0.372 e. The first-order chi connectivity index (χ1) is 9.95. The predicted octanol–water partition coefficient (Wildman–Crippen LogP) is 3.77. The molecule has 2 aromatic rings. The van der Waals surface area contributed by atoms with Crippen LogP contribution in [0.25, 0.3) is 0 Å². The molecule has 0 atom stereocenters. The Morgan fingerprint density at radius 1 is 0.700 bits per heavy atom. The van der Waals surface area contributed by atoms with E-state index in [4.69, 9.17) is 4.74 Å². The second-order valence-electron chi connectivity index (χ2n) is 4.92. The third-order valence-corrected chi connectivity index (χ3v) is 3.18. The first-order valence-electron chi connectivity index (χ1n) is 7.31. The van der Waals surface area contributed by atoms with Crippen LogP contribution in [0.4, 0.5) is 0 Å². The van der Waals surface area contributed by atoms with E-state index < -0.39 is 0 Å². The largest absolute Gasteiger partial charge is 0.372 e. The van der Waals surface area contributed by atoms with Crippen molar-refractivity contribution >= 4 is 0 Å². The van der Waals surface area contributed by atoms with Crippen molar-refractivity contribution < 1.29 is 4.74 Å². The van der Waals surface area contributed by atoms with Crippen LogP contribution in [-0.4, -0.2) is 13.1 Å². The van der Waals surface area contributed by atoms with Crippen LogP contribution >= 0.6 is 0 Å². The molecule has 0 spiro atoms. The van der Waals surface area contributed by atoms with Crippen LogP contribution in [0.3, 0.4) is 0 Å². The third kappa shape index (κ3) is 6.00. The van der Waals surface area contributed by atoms with Crippen molar-refractivity contribution in [1.29, 1.82) is 0 Å². The second kappa shape index (κ2) is 9.29. The topological polar surface area (TPSA) is 21.3 Å². The van der Waals surface area contributed by atoms with E-state index >= 15 is 0 Å². The number of hydrogen-bond acceptors (Lipinski definition) is 2. The van der Waals surface area contributed by atoms with Gasteiger partial charge in [0, 0.05) is 0 Å². The molecule has 0 bridgehead atoms. The highest BCUT2D eigenvalue weighted by molar-refractivity contribution is 5.15. The van der Waals surface area contributed by atoms with Gasteiger partial charge in [-0.1, -0.05) is 60.7 Å². The minimum absolute atomic E-state index is 0.676. The maximum atomic E-state index is 5.61. The van der Waals surface area contributed by atoms with Crippen molar-refractivity contribution in [2.75, 3.05) is 13.1 Å². The lowest BCUT2D eigenvalue weighted by molar-refractivity contribution is 0.107. The molecule has 106 valence electrons. The molecular formula is C18H23NO. The van der Waals surface area contributed by atoms with Gasteiger partial charge in [0.15, 0.2) is 0 Å². The summed E-state index contributed by atoms with van der Waals surface area (Å²) in [6, 6.07) is 20.4. The zero-order valence-corrected chi connectivity index (χ0v) is 11.9. The van der Waals surface area contributed by atoms with Crippen LogP contribution in [0.2, 0.25) is 0 Å². The molecule has 1 aliphatic rings. The molecule has 0 aliphatic carbocycles. The smallest absolute Gasteiger partial charge is 0.0721 e. The highest BCUT2D eigenvalue weighted by Gasteiger charge is 1.93. The highest BCUT2D eigenvalue weighted by Crippen LogP contribution is 2.05. The molecule has 2 aromatic carbocycles. The molecule has 0 aromatic heterocycles. The lowest BCUT2D eigenvalue weighted by Gasteiger charge is -2.03. The Morgan fingerprint density at radius 3 is 1.50 bits per heavy atom. The molecule has 20 heavy (non-hydrogen) atoms. The summed E-state index contributed by atoms with van der Waals surface area (Å²) in [4.78, 5) is 0. The SMILES string of the molecule is C1CCNC1.c1ccc(COCc2ccccc2)cc1. The van der Waals surface area contributed by atoms with E-state index in [9.17, 15) is 0 Å². The average molecular weight is 269 g/mol. The van der Waals surface area contributed by atoms with Gasteiger partial charge in [0.25, 0.3) is 0 Å². The molecule has 0 saturated carbocycles. The fraction of sp³-hybridized carbons (Fsp3) is 0.333. The summed E-state index contributed by atoms with van der Waals surface area (Å²) in [6.07, 6.45) is 2.78. The van der Waals surface area contributed by atoms with Gasteiger partial charge in [-0.2, -0.15) is 0 Å². The maximum Gasteiger partial charge on any atom is 0.0721 e. The molecule has 3 rings (SSSR count). The van der Waals surface area contributed by atoms with Crippen molar-refractivity contribution in [3.8, 4) is 0 Å². The lowest BCUT2D eigenvalue weighted by atomic mass is 10.2. The predicted molar refractivity (Wildman–Crippen MR) is 83.5 cm³/mol. The molecule has 0 unspecified atom stereocenters. The van der Waals surface area contributed by atoms with Crippen LogP contribution in [0.5, 0.6) is 0 Å². The van der Waals surface area contributed by atoms with Crippen LogP contribution < -0.4 is 5.32 Å². The van der Waals surface area contributed by atoms with E-state index in [0.29, 0.717) is 13.2 Å². The summed E-state index contributed by atoms with van der Waals surface area (Å²) in [5.74, 6) is 0. The van der Waals surface area contributed by atoms with Gasteiger partial charge in [-0.05, 0) is 37.1 Å². The normalized spacial score (nSPS) is 13.6. The fourth-order valence-electron chi connectivity index (χ4n) is 2.06. The molecule has 1 aliphatic heterocycles. The third-order valence-electron chi connectivity index (χ3n) is 3.18. The Labute approximate surface area is 121 Å². The summed E-state index contributed by atoms with van der Waals surface area (Å²) in [6.45, 7) is 3.85. The zero-order valence-electron chi connectivity index (χ0n) is 11.9. The van der Waals surface area contributed by atoms with Gasteiger partial charge < -0.3 is 10.1 Å². The molecule has 1 fully saturated rings. The monoisotopic (exact) mass is 269 g/mol. The van der Waals surface area contributed by atoms with Gasteiger partial charge in [-0.3, -0.25) is 0 Å². The fourth-order valence-corrected chi connectivity index (χ4v) is 2.06. The van der Waals surface area contributed by atoms with Crippen molar-refractivity contribution in [3.05, 3.63) is 71.8 Å². The standard InChI is InChI=1S/C14H14O.C4H9N/c1-3-7-13(8-4-1)11-15-12-14-9-5-2-6-10-14;1-2-4-5-3-1/h1-10H,11-12H2;5H,1-4H2. The minimum atomic E-state index is 0.676. The van der Waals surface area contributed by atoms with Gasteiger partial charge in [0.05, 0.1) is 13.2 Å². The number of hydrogen-bond donors (Lipinski definition) is 1.